The zero-order valence-corrected chi connectivity index (χ0v) is 14.9. The zero-order chi connectivity index (χ0) is 18.6. The molecular formula is C20H21N5O2. The van der Waals surface area contributed by atoms with Crippen LogP contribution in [0.5, 0.6) is 0 Å². The van der Waals surface area contributed by atoms with Crippen molar-refractivity contribution in [2.45, 2.75) is 38.0 Å². The number of nitrogens with zero attached hydrogens (tertiary/aromatic N) is 3. The van der Waals surface area contributed by atoms with Crippen molar-refractivity contribution in [2.75, 3.05) is 5.73 Å². The van der Waals surface area contributed by atoms with Crippen molar-refractivity contribution in [2.24, 2.45) is 5.41 Å². The van der Waals surface area contributed by atoms with Gasteiger partial charge in [-0.2, -0.15) is 4.98 Å². The van der Waals surface area contributed by atoms with E-state index >= 15 is 0 Å². The van der Waals surface area contributed by atoms with Gasteiger partial charge in [-0.1, -0.05) is 36.9 Å². The summed E-state index contributed by atoms with van der Waals surface area (Å²) in [5, 5.41) is 0. The molecule has 2 aromatic heterocycles. The van der Waals surface area contributed by atoms with Crippen molar-refractivity contribution in [3.8, 4) is 0 Å². The highest BCUT2D eigenvalue weighted by molar-refractivity contribution is 5.71. The van der Waals surface area contributed by atoms with Gasteiger partial charge in [0.1, 0.15) is 0 Å². The molecule has 2 saturated carbocycles. The SMILES string of the molecule is C=C1[C@@H](n2cnc3c(=O)[nH]c(N)nc32)CCC12C[C@H]2OCc1ccccc1. The van der Waals surface area contributed by atoms with Gasteiger partial charge in [0.2, 0.25) is 5.95 Å². The third kappa shape index (κ3) is 2.49. The summed E-state index contributed by atoms with van der Waals surface area (Å²) in [6.45, 7) is 5.01. The van der Waals surface area contributed by atoms with Crippen molar-refractivity contribution in [1.82, 2.24) is 19.5 Å². The van der Waals surface area contributed by atoms with Gasteiger partial charge < -0.3 is 15.0 Å². The number of hydrogen-bond donors (Lipinski definition) is 2. The van der Waals surface area contributed by atoms with Crippen LogP contribution in [0.1, 0.15) is 30.9 Å². The zero-order valence-electron chi connectivity index (χ0n) is 14.9. The predicted molar refractivity (Wildman–Crippen MR) is 102 cm³/mol. The molecule has 0 bridgehead atoms. The van der Waals surface area contributed by atoms with Crippen LogP contribution in [-0.2, 0) is 11.3 Å². The first-order valence-corrected chi connectivity index (χ1v) is 9.15. The normalized spacial score (nSPS) is 26.9. The van der Waals surface area contributed by atoms with Crippen molar-refractivity contribution < 1.29 is 4.74 Å². The molecule has 1 spiro atoms. The Hall–Kier alpha value is -2.93. The molecule has 3 atom stereocenters. The maximum atomic E-state index is 12.0. The van der Waals surface area contributed by atoms with Gasteiger partial charge in [-0.15, -0.1) is 0 Å². The van der Waals surface area contributed by atoms with Crippen LogP contribution in [0.15, 0.2) is 53.6 Å². The van der Waals surface area contributed by atoms with Gasteiger partial charge in [0.15, 0.2) is 11.2 Å². The lowest BCUT2D eigenvalue weighted by Gasteiger charge is -2.17. The van der Waals surface area contributed by atoms with Gasteiger partial charge in [-0.05, 0) is 30.4 Å². The topological polar surface area (TPSA) is 98.8 Å². The monoisotopic (exact) mass is 363 g/mol. The van der Waals surface area contributed by atoms with Gasteiger partial charge in [0.25, 0.3) is 5.56 Å². The predicted octanol–water partition coefficient (Wildman–Crippen LogP) is 2.57. The third-order valence-corrected chi connectivity index (χ3v) is 5.99. The Kier molecular flexibility index (Phi) is 3.48. The number of fused-ring (bicyclic) bond motifs is 1. The highest BCUT2D eigenvalue weighted by atomic mass is 16.5. The molecule has 2 fully saturated rings. The van der Waals surface area contributed by atoms with E-state index in [-0.39, 0.29) is 29.1 Å². The van der Waals surface area contributed by atoms with E-state index in [0.717, 1.165) is 24.8 Å². The minimum absolute atomic E-state index is 0.0305. The fraction of sp³-hybridized carbons (Fsp3) is 0.350. The van der Waals surface area contributed by atoms with Gasteiger partial charge in [0.05, 0.1) is 25.1 Å². The standard InChI is InChI=1S/C20H21N5O2/c1-12-14(25-11-22-16-17(25)23-19(21)24-18(16)26)7-8-20(12)9-15(20)27-10-13-5-3-2-4-6-13/h2-6,11,14-15H,1,7-10H2,(H3,21,23,24,26)/t14-,15+,20?/m0/s1. The molecule has 3 aromatic rings. The van der Waals surface area contributed by atoms with Gasteiger partial charge in [-0.3, -0.25) is 9.78 Å². The first-order chi connectivity index (χ1) is 13.1. The van der Waals surface area contributed by atoms with Crippen LogP contribution >= 0.6 is 0 Å². The van der Waals surface area contributed by atoms with Crippen LogP contribution in [0.2, 0.25) is 0 Å². The Morgan fingerprint density at radius 1 is 1.37 bits per heavy atom. The van der Waals surface area contributed by atoms with Crippen molar-refractivity contribution in [1.29, 1.82) is 0 Å². The Morgan fingerprint density at radius 2 is 2.19 bits per heavy atom. The van der Waals surface area contributed by atoms with Crippen LogP contribution in [0.4, 0.5) is 5.95 Å². The highest BCUT2D eigenvalue weighted by Gasteiger charge is 2.61. The summed E-state index contributed by atoms with van der Waals surface area (Å²) < 4.78 is 8.10. The number of benzene rings is 1. The average molecular weight is 363 g/mol. The summed E-state index contributed by atoms with van der Waals surface area (Å²) in [6.07, 6.45) is 4.82. The van der Waals surface area contributed by atoms with Crippen molar-refractivity contribution in [3.05, 3.63) is 64.7 Å². The first-order valence-electron chi connectivity index (χ1n) is 9.15. The minimum Gasteiger partial charge on any atom is -0.373 e. The molecule has 2 aliphatic rings. The number of nitrogens with two attached hydrogens (primary N) is 1. The molecule has 7 nitrogen and oxygen atoms in total. The lowest BCUT2D eigenvalue weighted by atomic mass is 9.99. The molecule has 1 unspecified atom stereocenters. The molecule has 1 aromatic carbocycles. The molecule has 2 heterocycles. The number of aromatic nitrogens is 4. The third-order valence-electron chi connectivity index (χ3n) is 5.99. The molecule has 7 heteroatoms. The number of H-pyrrole nitrogens is 1. The summed E-state index contributed by atoms with van der Waals surface area (Å²) in [7, 11) is 0. The largest absolute Gasteiger partial charge is 0.373 e. The average Bonchev–Trinajstić information content (AvgIpc) is 3.07. The fourth-order valence-electron chi connectivity index (χ4n) is 4.40. The summed E-state index contributed by atoms with van der Waals surface area (Å²) >= 11 is 0. The van der Waals surface area contributed by atoms with Crippen molar-refractivity contribution in [3.63, 3.8) is 0 Å². The second kappa shape index (κ2) is 5.79. The second-order valence-corrected chi connectivity index (χ2v) is 7.50. The summed E-state index contributed by atoms with van der Waals surface area (Å²) in [5.74, 6) is 0.100. The Bertz CT molecular complexity index is 1090. The molecule has 0 aliphatic heterocycles. The molecule has 27 heavy (non-hydrogen) atoms. The fourth-order valence-corrected chi connectivity index (χ4v) is 4.40. The van der Waals surface area contributed by atoms with Gasteiger partial charge >= 0.3 is 0 Å². The maximum Gasteiger partial charge on any atom is 0.280 e. The second-order valence-electron chi connectivity index (χ2n) is 7.50. The van der Waals surface area contributed by atoms with E-state index in [9.17, 15) is 4.79 Å². The quantitative estimate of drug-likeness (QED) is 0.694. The van der Waals surface area contributed by atoms with E-state index in [1.165, 1.54) is 5.56 Å². The van der Waals surface area contributed by atoms with Crippen LogP contribution in [-0.4, -0.2) is 25.6 Å². The summed E-state index contributed by atoms with van der Waals surface area (Å²) in [5.41, 5.74) is 8.58. The Morgan fingerprint density at radius 3 is 3.00 bits per heavy atom. The molecule has 0 saturated heterocycles. The van der Waals surface area contributed by atoms with Crippen LogP contribution in [0.25, 0.3) is 11.2 Å². The number of ether oxygens (including phenoxy) is 1. The highest BCUT2D eigenvalue weighted by Crippen LogP contribution is 2.65. The number of rotatable bonds is 4. The number of anilines is 1. The minimum atomic E-state index is -0.315. The number of nitrogens with one attached hydrogen (secondary N) is 1. The van der Waals surface area contributed by atoms with Crippen molar-refractivity contribution >= 4 is 17.1 Å². The molecule has 0 radical (unpaired) electrons. The number of hydrogen-bond acceptors (Lipinski definition) is 5. The summed E-state index contributed by atoms with van der Waals surface area (Å²) in [4.78, 5) is 23.0. The van der Waals surface area contributed by atoms with E-state index in [0.29, 0.717) is 17.8 Å². The molecule has 3 N–H and O–H groups in total. The number of imidazole rings is 1. The first kappa shape index (κ1) is 16.3. The number of aromatic amines is 1. The van der Waals surface area contributed by atoms with Gasteiger partial charge in [-0.25, -0.2) is 4.98 Å². The van der Waals surface area contributed by atoms with E-state index in [1.807, 2.05) is 22.8 Å². The van der Waals surface area contributed by atoms with Gasteiger partial charge in [0, 0.05) is 5.41 Å². The molecule has 5 rings (SSSR count). The molecule has 0 amide bonds. The van der Waals surface area contributed by atoms with E-state index in [1.54, 1.807) is 6.33 Å². The maximum absolute atomic E-state index is 12.0. The molecular weight excluding hydrogens is 342 g/mol. The smallest absolute Gasteiger partial charge is 0.280 e. The molecule has 138 valence electrons. The van der Waals surface area contributed by atoms with Crippen LogP contribution in [0, 0.1) is 5.41 Å². The summed E-state index contributed by atoms with van der Waals surface area (Å²) in [6, 6.07) is 10.3. The van der Waals surface area contributed by atoms with E-state index < -0.39 is 0 Å². The van der Waals surface area contributed by atoms with E-state index in [2.05, 4.69) is 33.7 Å². The lowest BCUT2D eigenvalue weighted by Crippen LogP contribution is -2.15. The van der Waals surface area contributed by atoms with Crippen LogP contribution in [0.3, 0.4) is 0 Å². The Balaban J connectivity index is 1.36. The van der Waals surface area contributed by atoms with E-state index in [4.69, 9.17) is 10.5 Å². The number of nitrogen functional groups attached to an aromatic ring is 1. The molecule has 2 aliphatic carbocycles. The van der Waals surface area contributed by atoms with Crippen LogP contribution < -0.4 is 11.3 Å². The lowest BCUT2D eigenvalue weighted by molar-refractivity contribution is 0.0840. The Labute approximate surface area is 155 Å².